The highest BCUT2D eigenvalue weighted by Gasteiger charge is 2.21. The first-order valence-electron chi connectivity index (χ1n) is 6.30. The molecule has 2 unspecified atom stereocenters. The van der Waals surface area contributed by atoms with Gasteiger partial charge in [0.15, 0.2) is 0 Å². The summed E-state index contributed by atoms with van der Waals surface area (Å²) in [5, 5.41) is 2.88. The molecule has 1 amide bonds. The maximum atomic E-state index is 11.7. The number of carbonyl (C=O) groups excluding carboxylic acids is 1. The fourth-order valence-electron chi connectivity index (χ4n) is 1.81. The molecule has 0 aromatic rings. The van der Waals surface area contributed by atoms with Crippen molar-refractivity contribution in [3.63, 3.8) is 0 Å². The van der Waals surface area contributed by atoms with Crippen molar-refractivity contribution in [1.82, 2.24) is 5.32 Å². The Kier molecular flexibility index (Phi) is 5.77. The summed E-state index contributed by atoms with van der Waals surface area (Å²) < 4.78 is 5.54. The van der Waals surface area contributed by atoms with Crippen molar-refractivity contribution >= 4 is 5.91 Å². The van der Waals surface area contributed by atoms with Crippen LogP contribution in [0.3, 0.4) is 0 Å². The Morgan fingerprint density at radius 3 is 2.88 bits per heavy atom. The fourth-order valence-corrected chi connectivity index (χ4v) is 1.81. The second kappa shape index (κ2) is 6.86. The van der Waals surface area contributed by atoms with E-state index in [-0.39, 0.29) is 17.9 Å². The molecule has 0 radical (unpaired) electrons. The van der Waals surface area contributed by atoms with Crippen molar-refractivity contribution in [3.05, 3.63) is 0 Å². The summed E-state index contributed by atoms with van der Waals surface area (Å²) in [6.07, 6.45) is 4.48. The van der Waals surface area contributed by atoms with E-state index >= 15 is 0 Å². The number of hydrogen-bond donors (Lipinski definition) is 2. The van der Waals surface area contributed by atoms with Crippen LogP contribution >= 0.6 is 0 Å². The predicted octanol–water partition coefficient (Wildman–Crippen LogP) is 1.05. The maximum absolute atomic E-state index is 11.7. The lowest BCUT2D eigenvalue weighted by molar-refractivity contribution is -0.124. The smallest absolute Gasteiger partial charge is 0.237 e. The van der Waals surface area contributed by atoms with Crippen LogP contribution in [0.2, 0.25) is 0 Å². The van der Waals surface area contributed by atoms with E-state index in [4.69, 9.17) is 10.5 Å². The summed E-state index contributed by atoms with van der Waals surface area (Å²) in [6, 6.07) is -0.395. The molecule has 1 heterocycles. The number of rotatable bonds is 5. The number of nitrogens with two attached hydrogens (primary N) is 1. The third kappa shape index (κ3) is 4.10. The number of hydrogen-bond acceptors (Lipinski definition) is 3. The zero-order valence-corrected chi connectivity index (χ0v) is 10.4. The van der Waals surface area contributed by atoms with E-state index in [0.717, 1.165) is 25.9 Å². The van der Waals surface area contributed by atoms with Gasteiger partial charge in [-0.15, -0.1) is 0 Å². The van der Waals surface area contributed by atoms with E-state index in [2.05, 4.69) is 5.32 Å². The third-order valence-electron chi connectivity index (χ3n) is 3.34. The lowest BCUT2D eigenvalue weighted by Crippen LogP contribution is -2.47. The van der Waals surface area contributed by atoms with Crippen LogP contribution < -0.4 is 11.1 Å². The molecule has 94 valence electrons. The molecule has 4 nitrogen and oxygen atoms in total. The van der Waals surface area contributed by atoms with Gasteiger partial charge in [0.1, 0.15) is 0 Å². The first kappa shape index (κ1) is 13.5. The Labute approximate surface area is 97.9 Å². The molecule has 16 heavy (non-hydrogen) atoms. The van der Waals surface area contributed by atoms with Gasteiger partial charge < -0.3 is 15.8 Å². The SMILES string of the molecule is CCC(C)[C@H](N)C(=O)NCC1CCCCO1. The molecule has 0 bridgehead atoms. The molecule has 1 aliphatic heterocycles. The van der Waals surface area contributed by atoms with Crippen LogP contribution in [-0.2, 0) is 9.53 Å². The maximum Gasteiger partial charge on any atom is 0.237 e. The normalized spacial score (nSPS) is 24.8. The Balaban J connectivity index is 2.23. The Morgan fingerprint density at radius 1 is 1.56 bits per heavy atom. The van der Waals surface area contributed by atoms with Crippen LogP contribution in [0.25, 0.3) is 0 Å². The van der Waals surface area contributed by atoms with Gasteiger partial charge in [-0.1, -0.05) is 20.3 Å². The van der Waals surface area contributed by atoms with Gasteiger partial charge in [0.25, 0.3) is 0 Å². The van der Waals surface area contributed by atoms with Crippen molar-refractivity contribution in [2.45, 2.75) is 51.7 Å². The van der Waals surface area contributed by atoms with Gasteiger partial charge >= 0.3 is 0 Å². The number of carbonyl (C=O) groups is 1. The van der Waals surface area contributed by atoms with Crippen LogP contribution in [0.4, 0.5) is 0 Å². The average molecular weight is 228 g/mol. The van der Waals surface area contributed by atoms with Gasteiger partial charge in [0, 0.05) is 13.2 Å². The Morgan fingerprint density at radius 2 is 2.31 bits per heavy atom. The third-order valence-corrected chi connectivity index (χ3v) is 3.34. The van der Waals surface area contributed by atoms with Crippen molar-refractivity contribution in [1.29, 1.82) is 0 Å². The quantitative estimate of drug-likeness (QED) is 0.739. The monoisotopic (exact) mass is 228 g/mol. The molecule has 1 aliphatic rings. The lowest BCUT2D eigenvalue weighted by atomic mass is 9.99. The first-order chi connectivity index (χ1) is 7.65. The zero-order valence-electron chi connectivity index (χ0n) is 10.4. The van der Waals surface area contributed by atoms with Crippen molar-refractivity contribution in [3.8, 4) is 0 Å². The molecule has 3 N–H and O–H groups in total. The standard InChI is InChI=1S/C12H24N2O2/c1-3-9(2)11(13)12(15)14-8-10-6-4-5-7-16-10/h9-11H,3-8,13H2,1-2H3,(H,14,15)/t9?,10?,11-/m0/s1. The number of amides is 1. The van der Waals surface area contributed by atoms with Gasteiger partial charge in [-0.2, -0.15) is 0 Å². The van der Waals surface area contributed by atoms with Crippen molar-refractivity contribution < 1.29 is 9.53 Å². The van der Waals surface area contributed by atoms with Crippen LogP contribution in [0.15, 0.2) is 0 Å². The van der Waals surface area contributed by atoms with Gasteiger partial charge in [-0.25, -0.2) is 0 Å². The summed E-state index contributed by atoms with van der Waals surface area (Å²) in [6.45, 7) is 5.46. The molecular weight excluding hydrogens is 204 g/mol. The number of ether oxygens (including phenoxy) is 1. The molecule has 0 spiro atoms. The van der Waals surface area contributed by atoms with E-state index in [1.807, 2.05) is 13.8 Å². The van der Waals surface area contributed by atoms with Gasteiger partial charge in [-0.3, -0.25) is 4.79 Å². The van der Waals surface area contributed by atoms with Crippen LogP contribution in [-0.4, -0.2) is 31.2 Å². The molecule has 1 rings (SSSR count). The van der Waals surface area contributed by atoms with E-state index in [9.17, 15) is 4.79 Å². The molecule has 0 aromatic carbocycles. The summed E-state index contributed by atoms with van der Waals surface area (Å²) in [7, 11) is 0. The van der Waals surface area contributed by atoms with Gasteiger partial charge in [0.05, 0.1) is 12.1 Å². The second-order valence-corrected chi connectivity index (χ2v) is 4.65. The topological polar surface area (TPSA) is 64.4 Å². The van der Waals surface area contributed by atoms with Crippen molar-refractivity contribution in [2.75, 3.05) is 13.2 Å². The second-order valence-electron chi connectivity index (χ2n) is 4.65. The lowest BCUT2D eigenvalue weighted by Gasteiger charge is -2.24. The van der Waals surface area contributed by atoms with E-state index in [1.165, 1.54) is 6.42 Å². The van der Waals surface area contributed by atoms with Gasteiger partial charge in [0.2, 0.25) is 5.91 Å². The minimum Gasteiger partial charge on any atom is -0.376 e. The molecule has 0 aliphatic carbocycles. The molecule has 1 fully saturated rings. The van der Waals surface area contributed by atoms with E-state index in [0.29, 0.717) is 6.54 Å². The highest BCUT2D eigenvalue weighted by Crippen LogP contribution is 2.12. The molecule has 0 saturated carbocycles. The predicted molar refractivity (Wildman–Crippen MR) is 64.0 cm³/mol. The summed E-state index contributed by atoms with van der Waals surface area (Å²) in [4.78, 5) is 11.7. The molecule has 4 heteroatoms. The number of nitrogens with one attached hydrogen (secondary N) is 1. The van der Waals surface area contributed by atoms with E-state index in [1.54, 1.807) is 0 Å². The first-order valence-corrected chi connectivity index (χ1v) is 6.30. The van der Waals surface area contributed by atoms with Crippen LogP contribution in [0.1, 0.15) is 39.5 Å². The minimum atomic E-state index is -0.395. The summed E-state index contributed by atoms with van der Waals surface area (Å²) in [5.41, 5.74) is 5.83. The summed E-state index contributed by atoms with van der Waals surface area (Å²) in [5.74, 6) is 0.177. The van der Waals surface area contributed by atoms with Crippen molar-refractivity contribution in [2.24, 2.45) is 11.7 Å². The largest absolute Gasteiger partial charge is 0.376 e. The summed E-state index contributed by atoms with van der Waals surface area (Å²) >= 11 is 0. The molecular formula is C12H24N2O2. The van der Waals surface area contributed by atoms with Crippen LogP contribution in [0.5, 0.6) is 0 Å². The fraction of sp³-hybridized carbons (Fsp3) is 0.917. The molecule has 0 aromatic heterocycles. The molecule has 1 saturated heterocycles. The van der Waals surface area contributed by atoms with Gasteiger partial charge in [-0.05, 0) is 25.2 Å². The van der Waals surface area contributed by atoms with Crippen LogP contribution in [0, 0.1) is 5.92 Å². The Hall–Kier alpha value is -0.610. The minimum absolute atomic E-state index is 0.0523. The zero-order chi connectivity index (χ0) is 12.0. The highest BCUT2D eigenvalue weighted by atomic mass is 16.5. The molecule has 3 atom stereocenters. The Bertz CT molecular complexity index is 215. The average Bonchev–Trinajstić information content (AvgIpc) is 2.35. The highest BCUT2D eigenvalue weighted by molar-refractivity contribution is 5.81. The van der Waals surface area contributed by atoms with E-state index < -0.39 is 6.04 Å².